The molecule has 1 saturated heterocycles. The number of aryl methyl sites for hydroxylation is 1. The molecule has 0 unspecified atom stereocenters. The highest BCUT2D eigenvalue weighted by Gasteiger charge is 2.43. The topological polar surface area (TPSA) is 105 Å². The molecule has 2 fully saturated rings. The molecule has 3 aromatic carbocycles. The SMILES string of the molecule is NC(=O)CCCC(=O)N1C[C@H]2CC(c3ccc(CCCOc4cc(F)ccc4Br)cc3)=C(C(=O)N(Cc3ccccc3)C3CC3)[C@@H](C1)N2. The monoisotopic (exact) mass is 716 g/mol. The molecule has 3 N–H and O–H groups in total. The van der Waals surface area contributed by atoms with Crippen LogP contribution in [0.2, 0.25) is 0 Å². The number of nitrogens with two attached hydrogens (primary N) is 1. The van der Waals surface area contributed by atoms with Gasteiger partial charge in [0.05, 0.1) is 17.1 Å². The van der Waals surface area contributed by atoms with Crippen molar-refractivity contribution in [3.05, 3.63) is 105 Å². The second-order valence-electron chi connectivity index (χ2n) is 13.0. The number of fused-ring (bicyclic) bond motifs is 2. The molecular formula is C38H42BrFN4O4. The number of primary amides is 1. The van der Waals surface area contributed by atoms with Crippen molar-refractivity contribution in [1.29, 1.82) is 0 Å². The molecule has 48 heavy (non-hydrogen) atoms. The third-order valence-corrected chi connectivity index (χ3v) is 9.96. The molecule has 0 spiro atoms. The van der Waals surface area contributed by atoms with Crippen LogP contribution in [-0.2, 0) is 27.3 Å². The number of nitrogens with one attached hydrogen (secondary N) is 1. The summed E-state index contributed by atoms with van der Waals surface area (Å²) in [6.45, 7) is 1.95. The Morgan fingerprint density at radius 1 is 0.958 bits per heavy atom. The number of hydrogen-bond acceptors (Lipinski definition) is 5. The van der Waals surface area contributed by atoms with Gasteiger partial charge in [-0.25, -0.2) is 4.39 Å². The summed E-state index contributed by atoms with van der Waals surface area (Å²) in [4.78, 5) is 42.9. The Labute approximate surface area is 289 Å². The molecule has 2 bridgehead atoms. The summed E-state index contributed by atoms with van der Waals surface area (Å²) >= 11 is 3.41. The van der Waals surface area contributed by atoms with Crippen molar-refractivity contribution in [3.63, 3.8) is 0 Å². The van der Waals surface area contributed by atoms with E-state index < -0.39 is 5.91 Å². The van der Waals surface area contributed by atoms with Crippen LogP contribution in [0.4, 0.5) is 4.39 Å². The van der Waals surface area contributed by atoms with Crippen molar-refractivity contribution in [2.75, 3.05) is 19.7 Å². The van der Waals surface area contributed by atoms with Gasteiger partial charge in [0.1, 0.15) is 11.6 Å². The van der Waals surface area contributed by atoms with E-state index in [9.17, 15) is 18.8 Å². The standard InChI is InChI=1S/C38H42BrFN4O4/c39-32-18-15-28(40)20-34(32)48-19-5-8-25-11-13-27(14-12-25)31-21-29-23-43(36(46)10-4-9-35(41)45)24-33(42-29)37(31)38(47)44(30-16-17-30)22-26-6-2-1-3-7-26/h1-3,6-7,11-15,18,20,29-30,33,42H,4-5,8-10,16-17,19,21-24H2,(H2,41,45)/t29-,33-/m1/s1. The van der Waals surface area contributed by atoms with Crippen LogP contribution in [0.5, 0.6) is 5.75 Å². The van der Waals surface area contributed by atoms with Crippen LogP contribution in [0.1, 0.15) is 61.6 Å². The largest absolute Gasteiger partial charge is 0.492 e. The van der Waals surface area contributed by atoms with Crippen LogP contribution in [0.3, 0.4) is 0 Å². The van der Waals surface area contributed by atoms with Crippen molar-refractivity contribution in [1.82, 2.24) is 15.1 Å². The van der Waals surface area contributed by atoms with E-state index in [-0.39, 0.29) is 48.6 Å². The molecule has 2 heterocycles. The fourth-order valence-corrected chi connectivity index (χ4v) is 7.11. The third kappa shape index (κ3) is 8.52. The third-order valence-electron chi connectivity index (χ3n) is 9.31. The number of piperazine rings is 1. The first kappa shape index (κ1) is 33.9. The fourth-order valence-electron chi connectivity index (χ4n) is 6.75. The van der Waals surface area contributed by atoms with Crippen LogP contribution in [0.25, 0.3) is 5.57 Å². The molecule has 2 atom stereocenters. The zero-order valence-electron chi connectivity index (χ0n) is 27.0. The van der Waals surface area contributed by atoms with Gasteiger partial charge in [-0.15, -0.1) is 0 Å². The number of rotatable bonds is 14. The minimum Gasteiger partial charge on any atom is -0.492 e. The first-order chi connectivity index (χ1) is 23.2. The molecule has 3 aromatic rings. The highest BCUT2D eigenvalue weighted by atomic mass is 79.9. The highest BCUT2D eigenvalue weighted by molar-refractivity contribution is 9.10. The molecule has 0 radical (unpaired) electrons. The number of carbonyl (C=O) groups is 3. The molecule has 0 aromatic heterocycles. The molecular weight excluding hydrogens is 675 g/mol. The summed E-state index contributed by atoms with van der Waals surface area (Å²) in [5.74, 6) is -0.234. The average molecular weight is 718 g/mol. The predicted molar refractivity (Wildman–Crippen MR) is 186 cm³/mol. The average Bonchev–Trinajstić information content (AvgIpc) is 3.92. The Bertz CT molecular complexity index is 1660. The molecule has 3 aliphatic rings. The zero-order valence-corrected chi connectivity index (χ0v) is 28.6. The lowest BCUT2D eigenvalue weighted by Crippen LogP contribution is -2.62. The Hall–Kier alpha value is -4.02. The van der Waals surface area contributed by atoms with E-state index in [2.05, 4.69) is 57.6 Å². The molecule has 252 valence electrons. The molecule has 1 saturated carbocycles. The quantitative estimate of drug-likeness (QED) is 0.206. The van der Waals surface area contributed by atoms with E-state index in [0.29, 0.717) is 44.8 Å². The number of carbonyl (C=O) groups excluding carboxylic acids is 3. The number of halogens is 2. The smallest absolute Gasteiger partial charge is 0.252 e. The zero-order chi connectivity index (χ0) is 33.6. The highest BCUT2D eigenvalue weighted by Crippen LogP contribution is 2.37. The van der Waals surface area contributed by atoms with Gasteiger partial charge in [-0.3, -0.25) is 14.4 Å². The maximum Gasteiger partial charge on any atom is 0.252 e. The Kier molecular flexibility index (Phi) is 10.9. The summed E-state index contributed by atoms with van der Waals surface area (Å²) < 4.78 is 20.1. The van der Waals surface area contributed by atoms with Gasteiger partial charge in [-0.1, -0.05) is 54.6 Å². The minimum absolute atomic E-state index is 0.00979. The second-order valence-corrected chi connectivity index (χ2v) is 13.9. The van der Waals surface area contributed by atoms with Gasteiger partial charge in [0, 0.05) is 56.2 Å². The maximum atomic E-state index is 14.6. The molecule has 6 rings (SSSR count). The van der Waals surface area contributed by atoms with E-state index in [1.165, 1.54) is 12.1 Å². The van der Waals surface area contributed by atoms with Crippen LogP contribution in [0, 0.1) is 5.82 Å². The van der Waals surface area contributed by atoms with Gasteiger partial charge in [0.15, 0.2) is 0 Å². The van der Waals surface area contributed by atoms with Gasteiger partial charge in [-0.2, -0.15) is 0 Å². The van der Waals surface area contributed by atoms with Crippen LogP contribution >= 0.6 is 15.9 Å². The normalized spacial score (nSPS) is 18.8. The summed E-state index contributed by atoms with van der Waals surface area (Å²) in [6.07, 6.45) is 5.03. The Morgan fingerprint density at radius 3 is 2.46 bits per heavy atom. The van der Waals surface area contributed by atoms with Gasteiger partial charge in [0.2, 0.25) is 11.8 Å². The summed E-state index contributed by atoms with van der Waals surface area (Å²) in [7, 11) is 0. The number of hydrogen-bond donors (Lipinski definition) is 2. The fraction of sp³-hybridized carbons (Fsp3) is 0.395. The van der Waals surface area contributed by atoms with Crippen molar-refractivity contribution in [3.8, 4) is 5.75 Å². The van der Waals surface area contributed by atoms with Crippen molar-refractivity contribution in [2.24, 2.45) is 5.73 Å². The molecule has 8 nitrogen and oxygen atoms in total. The molecule has 3 amide bonds. The molecule has 10 heteroatoms. The maximum absolute atomic E-state index is 14.6. The van der Waals surface area contributed by atoms with Gasteiger partial charge >= 0.3 is 0 Å². The number of benzene rings is 3. The number of nitrogens with zero attached hydrogens (tertiary/aromatic N) is 2. The van der Waals surface area contributed by atoms with Crippen LogP contribution < -0.4 is 15.8 Å². The number of amides is 3. The first-order valence-electron chi connectivity index (χ1n) is 16.8. The van der Waals surface area contributed by atoms with E-state index in [0.717, 1.165) is 58.0 Å². The Balaban J connectivity index is 1.21. The second kappa shape index (κ2) is 15.5. The van der Waals surface area contributed by atoms with Crippen molar-refractivity contribution < 1.29 is 23.5 Å². The van der Waals surface area contributed by atoms with E-state index in [4.69, 9.17) is 10.5 Å². The lowest BCUT2D eigenvalue weighted by Gasteiger charge is -2.45. The van der Waals surface area contributed by atoms with E-state index in [1.807, 2.05) is 28.0 Å². The van der Waals surface area contributed by atoms with E-state index in [1.54, 1.807) is 6.07 Å². The molecule has 2 aliphatic heterocycles. The van der Waals surface area contributed by atoms with Crippen LogP contribution in [-0.4, -0.2) is 65.3 Å². The molecule has 1 aliphatic carbocycles. The summed E-state index contributed by atoms with van der Waals surface area (Å²) in [6, 6.07) is 22.8. The minimum atomic E-state index is -0.407. The lowest BCUT2D eigenvalue weighted by molar-refractivity contribution is -0.134. The Morgan fingerprint density at radius 2 is 1.73 bits per heavy atom. The number of ether oxygens (including phenoxy) is 1. The van der Waals surface area contributed by atoms with Crippen molar-refractivity contribution in [2.45, 2.75) is 76.0 Å². The predicted octanol–water partition coefficient (Wildman–Crippen LogP) is 5.77. The van der Waals surface area contributed by atoms with Gasteiger partial charge < -0.3 is 25.6 Å². The van der Waals surface area contributed by atoms with E-state index >= 15 is 0 Å². The summed E-state index contributed by atoms with van der Waals surface area (Å²) in [5.41, 5.74) is 10.3. The lowest BCUT2D eigenvalue weighted by atomic mass is 9.82. The van der Waals surface area contributed by atoms with Crippen LogP contribution in [0.15, 0.2) is 82.8 Å². The van der Waals surface area contributed by atoms with Crippen molar-refractivity contribution >= 4 is 39.2 Å². The summed E-state index contributed by atoms with van der Waals surface area (Å²) in [5, 5.41) is 3.67. The van der Waals surface area contributed by atoms with Gasteiger partial charge in [-0.05, 0) is 88.9 Å². The van der Waals surface area contributed by atoms with Gasteiger partial charge in [0.25, 0.3) is 5.91 Å². The first-order valence-corrected chi connectivity index (χ1v) is 17.6.